The maximum absolute atomic E-state index is 11.2. The zero-order valence-electron chi connectivity index (χ0n) is 11.2. The standard InChI is InChI=1S/C13H21BO3/c1-12(2)13(3,4)17-14(16-12)9-10-5-7-11(15)8-6-10/h9H,5-8H2,1-4H3. The van der Waals surface area contributed by atoms with E-state index in [1.165, 1.54) is 5.57 Å². The van der Waals surface area contributed by atoms with Crippen LogP contribution in [0, 0.1) is 0 Å². The fourth-order valence-electron chi connectivity index (χ4n) is 2.17. The highest BCUT2D eigenvalue weighted by molar-refractivity contribution is 6.51. The van der Waals surface area contributed by atoms with E-state index in [4.69, 9.17) is 9.31 Å². The SMILES string of the molecule is CC1(C)OB(C=C2CCC(=O)CC2)OC1(C)C. The summed E-state index contributed by atoms with van der Waals surface area (Å²) in [5, 5.41) is 0. The van der Waals surface area contributed by atoms with E-state index in [0.29, 0.717) is 18.6 Å². The Morgan fingerprint density at radius 1 is 1.00 bits per heavy atom. The molecule has 2 rings (SSSR count). The van der Waals surface area contributed by atoms with Crippen molar-refractivity contribution in [3.05, 3.63) is 11.5 Å². The van der Waals surface area contributed by atoms with Crippen LogP contribution in [0.15, 0.2) is 11.5 Å². The van der Waals surface area contributed by atoms with Gasteiger partial charge in [-0.3, -0.25) is 4.79 Å². The largest absolute Gasteiger partial charge is 0.487 e. The molecule has 0 bridgehead atoms. The molecule has 0 aromatic rings. The number of ketones is 1. The summed E-state index contributed by atoms with van der Waals surface area (Å²) in [5.41, 5.74) is 0.737. The summed E-state index contributed by atoms with van der Waals surface area (Å²) in [7, 11) is -0.261. The molecule has 2 aliphatic rings. The summed E-state index contributed by atoms with van der Waals surface area (Å²) in [5.74, 6) is 2.43. The van der Waals surface area contributed by atoms with Crippen molar-refractivity contribution in [1.29, 1.82) is 0 Å². The smallest absolute Gasteiger partial charge is 0.400 e. The van der Waals surface area contributed by atoms with Gasteiger partial charge < -0.3 is 9.31 Å². The lowest BCUT2D eigenvalue weighted by atomic mass is 9.82. The molecule has 4 heteroatoms. The maximum atomic E-state index is 11.2. The minimum Gasteiger partial charge on any atom is -0.400 e. The number of rotatable bonds is 1. The Kier molecular flexibility index (Phi) is 3.21. The number of carbonyl (C=O) groups is 1. The number of Topliss-reactive ketones (excluding diaryl/α,β-unsaturated/α-hetero) is 1. The van der Waals surface area contributed by atoms with Crippen LogP contribution in [-0.4, -0.2) is 24.1 Å². The third-order valence-electron chi connectivity index (χ3n) is 4.09. The van der Waals surface area contributed by atoms with Gasteiger partial charge in [0.2, 0.25) is 0 Å². The summed E-state index contributed by atoms with van der Waals surface area (Å²) < 4.78 is 11.8. The zero-order valence-corrected chi connectivity index (χ0v) is 11.2. The average Bonchev–Trinajstić information content (AvgIpc) is 2.39. The van der Waals surface area contributed by atoms with E-state index in [1.54, 1.807) is 0 Å². The number of allylic oxidation sites excluding steroid dienone is 1. The molecule has 94 valence electrons. The van der Waals surface area contributed by atoms with Crippen LogP contribution in [0.25, 0.3) is 0 Å². The Labute approximate surface area is 104 Å². The highest BCUT2D eigenvalue weighted by Crippen LogP contribution is 2.37. The van der Waals surface area contributed by atoms with Gasteiger partial charge in [0.1, 0.15) is 5.78 Å². The van der Waals surface area contributed by atoms with E-state index in [1.807, 2.05) is 0 Å². The first-order valence-electron chi connectivity index (χ1n) is 6.37. The summed E-state index contributed by atoms with van der Waals surface area (Å²) in [6.07, 6.45) is 3.07. The van der Waals surface area contributed by atoms with Crippen LogP contribution in [0.1, 0.15) is 53.4 Å². The molecule has 0 N–H and O–H groups in total. The Morgan fingerprint density at radius 2 is 1.47 bits per heavy atom. The van der Waals surface area contributed by atoms with Crippen LogP contribution < -0.4 is 0 Å². The molecule has 0 unspecified atom stereocenters. The van der Waals surface area contributed by atoms with E-state index in [-0.39, 0.29) is 18.3 Å². The van der Waals surface area contributed by atoms with E-state index < -0.39 is 0 Å². The van der Waals surface area contributed by atoms with Crippen LogP contribution in [0.5, 0.6) is 0 Å². The van der Waals surface area contributed by atoms with Gasteiger partial charge in [0.15, 0.2) is 0 Å². The topological polar surface area (TPSA) is 35.5 Å². The second-order valence-electron chi connectivity index (χ2n) is 5.99. The normalized spacial score (nSPS) is 27.4. The number of carbonyl (C=O) groups excluding carboxylic acids is 1. The first-order valence-corrected chi connectivity index (χ1v) is 6.37. The van der Waals surface area contributed by atoms with Gasteiger partial charge in [-0.05, 0) is 40.5 Å². The molecule has 1 saturated carbocycles. The van der Waals surface area contributed by atoms with Crippen molar-refractivity contribution in [2.75, 3.05) is 0 Å². The van der Waals surface area contributed by atoms with Crippen molar-refractivity contribution >= 4 is 12.9 Å². The molecule has 3 nitrogen and oxygen atoms in total. The molecule has 1 aliphatic heterocycles. The van der Waals surface area contributed by atoms with Gasteiger partial charge in [-0.25, -0.2) is 0 Å². The van der Waals surface area contributed by atoms with Crippen LogP contribution in [0.4, 0.5) is 0 Å². The second-order valence-corrected chi connectivity index (χ2v) is 5.99. The molecule has 1 aliphatic carbocycles. The van der Waals surface area contributed by atoms with Crippen molar-refractivity contribution in [3.63, 3.8) is 0 Å². The molecule has 0 atom stereocenters. The maximum Gasteiger partial charge on any atom is 0.487 e. The molecule has 0 radical (unpaired) electrons. The summed E-state index contributed by atoms with van der Waals surface area (Å²) in [4.78, 5) is 11.2. The summed E-state index contributed by atoms with van der Waals surface area (Å²) >= 11 is 0. The first-order chi connectivity index (χ1) is 7.80. The van der Waals surface area contributed by atoms with Gasteiger partial charge >= 0.3 is 7.12 Å². The first kappa shape index (κ1) is 12.8. The van der Waals surface area contributed by atoms with Crippen molar-refractivity contribution in [2.45, 2.75) is 64.6 Å². The highest BCUT2D eigenvalue weighted by Gasteiger charge is 2.50. The minimum absolute atomic E-state index is 0.261. The van der Waals surface area contributed by atoms with Crippen LogP contribution in [0.3, 0.4) is 0 Å². The lowest BCUT2D eigenvalue weighted by molar-refractivity contribution is -0.119. The molecule has 0 spiro atoms. The zero-order chi connectivity index (χ0) is 12.7. The van der Waals surface area contributed by atoms with E-state index in [0.717, 1.165) is 12.8 Å². The van der Waals surface area contributed by atoms with Crippen LogP contribution in [-0.2, 0) is 14.1 Å². The predicted octanol–water partition coefficient (Wildman–Crippen LogP) is 2.69. The monoisotopic (exact) mass is 236 g/mol. The van der Waals surface area contributed by atoms with E-state index in [9.17, 15) is 4.79 Å². The van der Waals surface area contributed by atoms with Crippen LogP contribution >= 0.6 is 0 Å². The van der Waals surface area contributed by atoms with Crippen molar-refractivity contribution < 1.29 is 14.1 Å². The second kappa shape index (κ2) is 4.25. The molecule has 1 heterocycles. The average molecular weight is 236 g/mol. The van der Waals surface area contributed by atoms with E-state index in [2.05, 4.69) is 33.7 Å². The van der Waals surface area contributed by atoms with E-state index >= 15 is 0 Å². The van der Waals surface area contributed by atoms with Crippen molar-refractivity contribution in [3.8, 4) is 0 Å². The fraction of sp³-hybridized carbons (Fsp3) is 0.769. The lowest BCUT2D eigenvalue weighted by Crippen LogP contribution is -2.41. The van der Waals surface area contributed by atoms with Crippen LogP contribution in [0.2, 0.25) is 0 Å². The minimum atomic E-state index is -0.279. The Bertz CT molecular complexity index is 330. The van der Waals surface area contributed by atoms with Gasteiger partial charge in [-0.2, -0.15) is 0 Å². The van der Waals surface area contributed by atoms with Crippen molar-refractivity contribution in [2.24, 2.45) is 0 Å². The molecule has 17 heavy (non-hydrogen) atoms. The Morgan fingerprint density at radius 3 is 1.94 bits per heavy atom. The molecule has 0 aromatic heterocycles. The lowest BCUT2D eigenvalue weighted by Gasteiger charge is -2.32. The Balaban J connectivity index is 2.02. The molecule has 2 fully saturated rings. The molecular formula is C13H21BO3. The van der Waals surface area contributed by atoms with Gasteiger partial charge in [0.25, 0.3) is 0 Å². The summed E-state index contributed by atoms with van der Waals surface area (Å²) in [6, 6.07) is 0. The van der Waals surface area contributed by atoms with Gasteiger partial charge in [0.05, 0.1) is 11.2 Å². The fourth-order valence-corrected chi connectivity index (χ4v) is 2.17. The van der Waals surface area contributed by atoms with Gasteiger partial charge in [-0.15, -0.1) is 0 Å². The highest BCUT2D eigenvalue weighted by atomic mass is 16.7. The van der Waals surface area contributed by atoms with Crippen molar-refractivity contribution in [1.82, 2.24) is 0 Å². The molecule has 0 aromatic carbocycles. The van der Waals surface area contributed by atoms with Gasteiger partial charge in [-0.1, -0.05) is 11.5 Å². The molecule has 1 saturated heterocycles. The van der Waals surface area contributed by atoms with Gasteiger partial charge in [0, 0.05) is 12.8 Å². The number of hydrogen-bond acceptors (Lipinski definition) is 3. The quantitative estimate of drug-likeness (QED) is 0.656. The molecular weight excluding hydrogens is 215 g/mol. The third-order valence-corrected chi connectivity index (χ3v) is 4.09. The Hall–Kier alpha value is -0.605. The third kappa shape index (κ3) is 2.63. The number of hydrogen-bond donors (Lipinski definition) is 0. The summed E-state index contributed by atoms with van der Waals surface area (Å²) in [6.45, 7) is 8.21. The predicted molar refractivity (Wildman–Crippen MR) is 67.6 cm³/mol. The molecule has 0 amide bonds.